The van der Waals surface area contributed by atoms with Gasteiger partial charge in [-0.1, -0.05) is 13.8 Å². The van der Waals surface area contributed by atoms with Crippen molar-refractivity contribution in [2.75, 3.05) is 6.61 Å². The molecule has 0 aliphatic carbocycles. The zero-order chi connectivity index (χ0) is 12.0. The summed E-state index contributed by atoms with van der Waals surface area (Å²) in [6.07, 6.45) is -0.954. The van der Waals surface area contributed by atoms with Crippen LogP contribution in [0, 0.1) is 5.92 Å². The van der Waals surface area contributed by atoms with E-state index in [-0.39, 0.29) is 18.6 Å². The second-order valence-electron chi connectivity index (χ2n) is 3.89. The Morgan fingerprint density at radius 3 is 2.20 bits per heavy atom. The summed E-state index contributed by atoms with van der Waals surface area (Å²) in [4.78, 5) is 21.6. The molecule has 0 rings (SSSR count). The van der Waals surface area contributed by atoms with Gasteiger partial charge in [-0.2, -0.15) is 0 Å². The van der Waals surface area contributed by atoms with E-state index in [1.165, 1.54) is 6.92 Å². The second-order valence-corrected chi connectivity index (χ2v) is 3.89. The number of carbonyl (C=O) groups is 2. The van der Waals surface area contributed by atoms with Gasteiger partial charge in [-0.25, -0.2) is 4.79 Å². The summed E-state index contributed by atoms with van der Waals surface area (Å²) in [5.74, 6) is -1.02. The molecule has 0 saturated carbocycles. The van der Waals surface area contributed by atoms with Gasteiger partial charge >= 0.3 is 5.97 Å². The van der Waals surface area contributed by atoms with E-state index in [0.717, 1.165) is 0 Å². The molecule has 5 nitrogen and oxygen atoms in total. The summed E-state index contributed by atoms with van der Waals surface area (Å²) < 4.78 is 4.83. The van der Waals surface area contributed by atoms with E-state index in [1.807, 2.05) is 20.8 Å². The van der Waals surface area contributed by atoms with Crippen LogP contribution in [0.5, 0.6) is 0 Å². The van der Waals surface area contributed by atoms with Gasteiger partial charge in [0.15, 0.2) is 6.10 Å². The first-order valence-corrected chi connectivity index (χ1v) is 4.98. The van der Waals surface area contributed by atoms with Crippen LogP contribution >= 0.6 is 0 Å². The first-order chi connectivity index (χ1) is 6.84. The number of ether oxygens (including phenoxy) is 1. The Kier molecular flexibility index (Phi) is 5.93. The summed E-state index contributed by atoms with van der Waals surface area (Å²) in [5, 5.41) is 11.2. The number of aliphatic carboxylic acids is 1. The highest BCUT2D eigenvalue weighted by Crippen LogP contribution is 1.99. The Morgan fingerprint density at radius 1 is 1.27 bits per heavy atom. The van der Waals surface area contributed by atoms with Crippen molar-refractivity contribution < 1.29 is 19.4 Å². The fraction of sp³-hybridized carbons (Fsp3) is 0.800. The standard InChI is InChI=1S/C10H19NO4/c1-6(2)7(3)11-9(12)5-15-8(4)10(13)14/h6-8H,5H2,1-4H3,(H,11,12)(H,13,14). The van der Waals surface area contributed by atoms with Gasteiger partial charge in [-0.15, -0.1) is 0 Å². The third-order valence-corrected chi connectivity index (χ3v) is 2.20. The van der Waals surface area contributed by atoms with Gasteiger partial charge in [0.25, 0.3) is 0 Å². The number of carboxylic acid groups (broad SMARTS) is 1. The molecular weight excluding hydrogens is 198 g/mol. The second kappa shape index (κ2) is 6.40. The van der Waals surface area contributed by atoms with E-state index >= 15 is 0 Å². The van der Waals surface area contributed by atoms with Gasteiger partial charge in [0, 0.05) is 6.04 Å². The summed E-state index contributed by atoms with van der Waals surface area (Å²) >= 11 is 0. The minimum Gasteiger partial charge on any atom is -0.479 e. The lowest BCUT2D eigenvalue weighted by molar-refractivity contribution is -0.150. The molecule has 0 radical (unpaired) electrons. The fourth-order valence-corrected chi connectivity index (χ4v) is 0.734. The van der Waals surface area contributed by atoms with Crippen molar-refractivity contribution in [2.45, 2.75) is 39.8 Å². The maximum atomic E-state index is 11.3. The molecule has 15 heavy (non-hydrogen) atoms. The van der Waals surface area contributed by atoms with Crippen LogP contribution in [-0.2, 0) is 14.3 Å². The van der Waals surface area contributed by atoms with Gasteiger partial charge in [0.1, 0.15) is 6.61 Å². The van der Waals surface area contributed by atoms with Gasteiger partial charge < -0.3 is 15.2 Å². The Hall–Kier alpha value is -1.10. The quantitative estimate of drug-likeness (QED) is 0.684. The molecule has 0 aromatic carbocycles. The number of hydrogen-bond acceptors (Lipinski definition) is 3. The van der Waals surface area contributed by atoms with Crippen LogP contribution in [0.15, 0.2) is 0 Å². The average molecular weight is 217 g/mol. The molecule has 5 heteroatoms. The Bertz CT molecular complexity index is 227. The maximum Gasteiger partial charge on any atom is 0.332 e. The summed E-state index contributed by atoms with van der Waals surface area (Å²) in [6, 6.07) is 0.0567. The maximum absolute atomic E-state index is 11.3. The number of carbonyl (C=O) groups excluding carboxylic acids is 1. The van der Waals surface area contributed by atoms with E-state index in [0.29, 0.717) is 5.92 Å². The molecule has 2 atom stereocenters. The molecule has 0 spiro atoms. The number of nitrogens with one attached hydrogen (secondary N) is 1. The van der Waals surface area contributed by atoms with E-state index in [2.05, 4.69) is 5.32 Å². The van der Waals surface area contributed by atoms with E-state index in [1.54, 1.807) is 0 Å². The minimum atomic E-state index is -1.07. The molecule has 0 aromatic rings. The predicted octanol–water partition coefficient (Wildman–Crippen LogP) is 0.637. The summed E-state index contributed by atoms with van der Waals surface area (Å²) in [6.45, 7) is 7.05. The zero-order valence-electron chi connectivity index (χ0n) is 9.61. The van der Waals surface area contributed by atoms with Crippen LogP contribution in [0.3, 0.4) is 0 Å². The molecule has 88 valence electrons. The normalized spacial score (nSPS) is 14.7. The zero-order valence-corrected chi connectivity index (χ0v) is 9.61. The molecule has 0 fully saturated rings. The van der Waals surface area contributed by atoms with Crippen molar-refractivity contribution in [3.05, 3.63) is 0 Å². The van der Waals surface area contributed by atoms with E-state index in [4.69, 9.17) is 9.84 Å². The van der Waals surface area contributed by atoms with Gasteiger partial charge in [0.05, 0.1) is 0 Å². The lowest BCUT2D eigenvalue weighted by atomic mass is 10.1. The topological polar surface area (TPSA) is 75.6 Å². The lowest BCUT2D eigenvalue weighted by Crippen LogP contribution is -2.39. The predicted molar refractivity (Wildman–Crippen MR) is 55.5 cm³/mol. The van der Waals surface area contributed by atoms with Crippen molar-refractivity contribution in [1.82, 2.24) is 5.32 Å². The monoisotopic (exact) mass is 217 g/mol. The van der Waals surface area contributed by atoms with Crippen LogP contribution in [0.2, 0.25) is 0 Å². The molecular formula is C10H19NO4. The van der Waals surface area contributed by atoms with Gasteiger partial charge in [0.2, 0.25) is 5.91 Å². The number of carboxylic acids is 1. The van der Waals surface area contributed by atoms with Crippen molar-refractivity contribution >= 4 is 11.9 Å². The highest BCUT2D eigenvalue weighted by molar-refractivity contribution is 5.78. The molecule has 0 aliphatic rings. The fourth-order valence-electron chi connectivity index (χ4n) is 0.734. The molecule has 0 aliphatic heterocycles. The van der Waals surface area contributed by atoms with Crippen molar-refractivity contribution in [1.29, 1.82) is 0 Å². The Morgan fingerprint density at radius 2 is 1.80 bits per heavy atom. The van der Waals surface area contributed by atoms with Crippen molar-refractivity contribution in [2.24, 2.45) is 5.92 Å². The summed E-state index contributed by atoms with van der Waals surface area (Å²) in [7, 11) is 0. The average Bonchev–Trinajstić information content (AvgIpc) is 2.13. The van der Waals surface area contributed by atoms with Gasteiger partial charge in [-0.3, -0.25) is 4.79 Å². The number of hydrogen-bond donors (Lipinski definition) is 2. The minimum absolute atomic E-state index is 0.0567. The SMILES string of the molecule is CC(OCC(=O)NC(C)C(C)C)C(=O)O. The first-order valence-electron chi connectivity index (χ1n) is 4.98. The largest absolute Gasteiger partial charge is 0.479 e. The highest BCUT2D eigenvalue weighted by atomic mass is 16.5. The van der Waals surface area contributed by atoms with Crippen LogP contribution in [0.25, 0.3) is 0 Å². The third kappa shape index (κ3) is 6.06. The first kappa shape index (κ1) is 13.9. The van der Waals surface area contributed by atoms with E-state index in [9.17, 15) is 9.59 Å². The van der Waals surface area contributed by atoms with Crippen LogP contribution in [-0.4, -0.2) is 35.7 Å². The van der Waals surface area contributed by atoms with Crippen LogP contribution < -0.4 is 5.32 Å². The smallest absolute Gasteiger partial charge is 0.332 e. The third-order valence-electron chi connectivity index (χ3n) is 2.20. The molecule has 2 unspecified atom stereocenters. The summed E-state index contributed by atoms with van der Waals surface area (Å²) in [5.41, 5.74) is 0. The van der Waals surface area contributed by atoms with Crippen molar-refractivity contribution in [3.8, 4) is 0 Å². The molecule has 0 aromatic heterocycles. The number of rotatable bonds is 6. The molecule has 2 N–H and O–H groups in total. The molecule has 0 saturated heterocycles. The molecule has 0 heterocycles. The Balaban J connectivity index is 3.80. The van der Waals surface area contributed by atoms with Crippen LogP contribution in [0.1, 0.15) is 27.7 Å². The lowest BCUT2D eigenvalue weighted by Gasteiger charge is -2.17. The molecule has 0 bridgehead atoms. The van der Waals surface area contributed by atoms with Gasteiger partial charge in [-0.05, 0) is 19.8 Å². The highest BCUT2D eigenvalue weighted by Gasteiger charge is 2.15. The van der Waals surface area contributed by atoms with E-state index < -0.39 is 12.1 Å². The van der Waals surface area contributed by atoms with Crippen molar-refractivity contribution in [3.63, 3.8) is 0 Å². The molecule has 1 amide bonds. The van der Waals surface area contributed by atoms with Crippen LogP contribution in [0.4, 0.5) is 0 Å². The number of amides is 1. The Labute approximate surface area is 89.8 Å².